The van der Waals surface area contributed by atoms with Gasteiger partial charge in [0, 0.05) is 38.9 Å². The highest BCUT2D eigenvalue weighted by Crippen LogP contribution is 2.31. The zero-order valence-corrected chi connectivity index (χ0v) is 18.6. The van der Waals surface area contributed by atoms with Crippen molar-refractivity contribution in [3.63, 3.8) is 0 Å². The predicted molar refractivity (Wildman–Crippen MR) is 123 cm³/mol. The summed E-state index contributed by atoms with van der Waals surface area (Å²) in [4.78, 5) is 17.3. The molecule has 31 heavy (non-hydrogen) atoms. The molecule has 2 heterocycles. The number of nitrogens with zero attached hydrogens (tertiary/aromatic N) is 2. The van der Waals surface area contributed by atoms with Crippen molar-refractivity contribution < 1.29 is 14.3 Å². The van der Waals surface area contributed by atoms with Crippen molar-refractivity contribution in [1.29, 1.82) is 0 Å². The van der Waals surface area contributed by atoms with Crippen LogP contribution in [-0.4, -0.2) is 63.9 Å². The van der Waals surface area contributed by atoms with E-state index >= 15 is 0 Å². The molecule has 1 atom stereocenters. The summed E-state index contributed by atoms with van der Waals surface area (Å²) in [6.45, 7) is 6.91. The lowest BCUT2D eigenvalue weighted by atomic mass is 9.95. The molecule has 0 radical (unpaired) electrons. The molecule has 0 saturated carbocycles. The van der Waals surface area contributed by atoms with Gasteiger partial charge in [-0.1, -0.05) is 24.3 Å². The van der Waals surface area contributed by atoms with Crippen molar-refractivity contribution >= 4 is 11.6 Å². The summed E-state index contributed by atoms with van der Waals surface area (Å²) in [7, 11) is 2.16. The molecule has 1 fully saturated rings. The smallest absolute Gasteiger partial charge is 0.258 e. The largest absolute Gasteiger partial charge is 0.484 e. The maximum absolute atomic E-state index is 12.5. The molecule has 0 unspecified atom stereocenters. The van der Waals surface area contributed by atoms with Gasteiger partial charge in [0.2, 0.25) is 0 Å². The van der Waals surface area contributed by atoms with Gasteiger partial charge in [0.15, 0.2) is 6.61 Å². The molecular weight excluding hydrogens is 390 g/mol. The van der Waals surface area contributed by atoms with Gasteiger partial charge in [0.1, 0.15) is 5.75 Å². The van der Waals surface area contributed by atoms with E-state index in [1.54, 1.807) is 0 Å². The number of hydrogen-bond acceptors (Lipinski definition) is 5. The van der Waals surface area contributed by atoms with Gasteiger partial charge < -0.3 is 19.7 Å². The van der Waals surface area contributed by atoms with Gasteiger partial charge >= 0.3 is 0 Å². The van der Waals surface area contributed by atoms with Crippen LogP contribution >= 0.6 is 0 Å². The number of amides is 1. The van der Waals surface area contributed by atoms with Gasteiger partial charge in [-0.15, -0.1) is 0 Å². The summed E-state index contributed by atoms with van der Waals surface area (Å²) in [5, 5.41) is 3.10. The number of benzene rings is 2. The number of rotatable bonds is 7. The number of carbonyl (C=O) groups excluding carboxylic acids is 1. The molecule has 166 valence electrons. The zero-order chi connectivity index (χ0) is 21.6. The molecule has 0 aliphatic carbocycles. The maximum Gasteiger partial charge on any atom is 0.258 e. The fourth-order valence-corrected chi connectivity index (χ4v) is 4.47. The van der Waals surface area contributed by atoms with Crippen LogP contribution in [0.1, 0.15) is 29.2 Å². The fourth-order valence-electron chi connectivity index (χ4n) is 4.47. The Labute approximate surface area is 185 Å². The number of aryl methyl sites for hydroxylation is 2. The molecule has 2 aliphatic rings. The van der Waals surface area contributed by atoms with Crippen LogP contribution < -0.4 is 15.0 Å². The summed E-state index contributed by atoms with van der Waals surface area (Å²) in [6, 6.07) is 14.7. The predicted octanol–water partition coefficient (Wildman–Crippen LogP) is 2.95. The summed E-state index contributed by atoms with van der Waals surface area (Å²) in [5.74, 6) is 0.621. The van der Waals surface area contributed by atoms with Gasteiger partial charge in [-0.3, -0.25) is 9.69 Å². The Hall–Kier alpha value is -2.57. The number of anilines is 1. The van der Waals surface area contributed by atoms with Crippen LogP contribution in [0.25, 0.3) is 0 Å². The van der Waals surface area contributed by atoms with Crippen molar-refractivity contribution in [2.75, 3.05) is 57.9 Å². The van der Waals surface area contributed by atoms with E-state index in [9.17, 15) is 4.79 Å². The molecule has 0 aromatic heterocycles. The number of carbonyl (C=O) groups is 1. The number of morpholine rings is 1. The van der Waals surface area contributed by atoms with Crippen molar-refractivity contribution in [3.8, 4) is 5.75 Å². The highest BCUT2D eigenvalue weighted by Gasteiger charge is 2.25. The van der Waals surface area contributed by atoms with E-state index in [1.165, 1.54) is 23.2 Å². The first-order valence-corrected chi connectivity index (χ1v) is 11.2. The first-order valence-electron chi connectivity index (χ1n) is 11.2. The lowest BCUT2D eigenvalue weighted by Gasteiger charge is -2.36. The minimum Gasteiger partial charge on any atom is -0.484 e. The van der Waals surface area contributed by atoms with E-state index in [0.29, 0.717) is 6.54 Å². The topological polar surface area (TPSA) is 54.0 Å². The monoisotopic (exact) mass is 423 g/mol. The van der Waals surface area contributed by atoms with Gasteiger partial charge in [0.05, 0.1) is 19.3 Å². The normalized spacial score (nSPS) is 17.7. The van der Waals surface area contributed by atoms with Crippen LogP contribution in [0.2, 0.25) is 0 Å². The van der Waals surface area contributed by atoms with Crippen LogP contribution in [0.3, 0.4) is 0 Å². The first kappa shape index (κ1) is 21.7. The van der Waals surface area contributed by atoms with Crippen LogP contribution in [0.5, 0.6) is 5.75 Å². The zero-order valence-electron chi connectivity index (χ0n) is 18.6. The van der Waals surface area contributed by atoms with Gasteiger partial charge in [-0.25, -0.2) is 0 Å². The minimum atomic E-state index is -0.0996. The van der Waals surface area contributed by atoms with Crippen molar-refractivity contribution in [3.05, 3.63) is 59.2 Å². The maximum atomic E-state index is 12.5. The second kappa shape index (κ2) is 10.2. The Morgan fingerprint density at radius 3 is 2.81 bits per heavy atom. The van der Waals surface area contributed by atoms with E-state index in [2.05, 4.69) is 40.4 Å². The Balaban J connectivity index is 1.42. The van der Waals surface area contributed by atoms with Crippen LogP contribution in [0.15, 0.2) is 42.5 Å². The third-order valence-corrected chi connectivity index (χ3v) is 6.18. The quantitative estimate of drug-likeness (QED) is 0.742. The molecular formula is C25H33N3O3. The van der Waals surface area contributed by atoms with E-state index in [4.69, 9.17) is 9.47 Å². The summed E-state index contributed by atoms with van der Waals surface area (Å²) >= 11 is 0. The Kier molecular flexibility index (Phi) is 7.10. The summed E-state index contributed by atoms with van der Waals surface area (Å²) in [5.41, 5.74) is 5.10. The Morgan fingerprint density at radius 2 is 2.00 bits per heavy atom. The average Bonchev–Trinajstić information content (AvgIpc) is 2.79. The van der Waals surface area contributed by atoms with Crippen LogP contribution in [-0.2, 0) is 16.0 Å². The van der Waals surface area contributed by atoms with E-state index in [-0.39, 0.29) is 18.6 Å². The molecule has 1 saturated heterocycles. The number of ether oxygens (including phenoxy) is 2. The molecule has 6 nitrogen and oxygen atoms in total. The SMILES string of the molecule is Cc1cccc(OCC(=O)NC[C@H](c2ccc3c(c2)CCCN3C)N2CCOCC2)c1. The average molecular weight is 424 g/mol. The van der Waals surface area contributed by atoms with E-state index in [1.807, 2.05) is 31.2 Å². The lowest BCUT2D eigenvalue weighted by Crippen LogP contribution is -2.44. The summed E-state index contributed by atoms with van der Waals surface area (Å²) in [6.07, 6.45) is 2.29. The van der Waals surface area contributed by atoms with Crippen molar-refractivity contribution in [2.24, 2.45) is 0 Å². The van der Waals surface area contributed by atoms with Crippen molar-refractivity contribution in [2.45, 2.75) is 25.8 Å². The second-order valence-electron chi connectivity index (χ2n) is 8.49. The molecule has 1 N–H and O–H groups in total. The molecule has 4 rings (SSSR count). The number of hydrogen-bond donors (Lipinski definition) is 1. The second-order valence-corrected chi connectivity index (χ2v) is 8.49. The number of nitrogens with one attached hydrogen (secondary N) is 1. The van der Waals surface area contributed by atoms with Gasteiger partial charge in [-0.05, 0) is 54.7 Å². The highest BCUT2D eigenvalue weighted by molar-refractivity contribution is 5.77. The van der Waals surface area contributed by atoms with Crippen molar-refractivity contribution in [1.82, 2.24) is 10.2 Å². The third kappa shape index (κ3) is 5.57. The molecule has 1 amide bonds. The van der Waals surface area contributed by atoms with Gasteiger partial charge in [0.25, 0.3) is 5.91 Å². The lowest BCUT2D eigenvalue weighted by molar-refractivity contribution is -0.123. The van der Waals surface area contributed by atoms with Crippen LogP contribution in [0, 0.1) is 6.92 Å². The van der Waals surface area contributed by atoms with E-state index < -0.39 is 0 Å². The highest BCUT2D eigenvalue weighted by atomic mass is 16.5. The van der Waals surface area contributed by atoms with Crippen LogP contribution in [0.4, 0.5) is 5.69 Å². The summed E-state index contributed by atoms with van der Waals surface area (Å²) < 4.78 is 11.2. The molecule has 0 spiro atoms. The molecule has 6 heteroatoms. The Bertz CT molecular complexity index is 895. The standard InChI is InChI=1S/C25H33N3O3/c1-19-5-3-7-22(15-19)31-18-25(29)26-17-24(28-11-13-30-14-12-28)21-8-9-23-20(16-21)6-4-10-27(23)2/h3,5,7-9,15-16,24H,4,6,10-14,17-18H2,1-2H3,(H,26,29)/t24-/m1/s1. The third-order valence-electron chi connectivity index (χ3n) is 6.18. The molecule has 2 aliphatic heterocycles. The minimum absolute atomic E-state index is 0.0221. The first-order chi connectivity index (χ1) is 15.1. The molecule has 2 aromatic rings. The number of fused-ring (bicyclic) bond motifs is 1. The fraction of sp³-hybridized carbons (Fsp3) is 0.480. The van der Waals surface area contributed by atoms with Gasteiger partial charge in [-0.2, -0.15) is 0 Å². The Morgan fingerprint density at radius 1 is 1.16 bits per heavy atom. The molecule has 2 aromatic carbocycles. The molecule has 0 bridgehead atoms. The van der Waals surface area contributed by atoms with E-state index in [0.717, 1.165) is 50.6 Å².